The number of nitrogens with zero attached hydrogens (tertiary/aromatic N) is 2. The topological polar surface area (TPSA) is 92.1 Å². The molecule has 3 aromatic rings. The Morgan fingerprint density at radius 2 is 1.56 bits per heavy atom. The van der Waals surface area contributed by atoms with Crippen LogP contribution in [0.3, 0.4) is 0 Å². The summed E-state index contributed by atoms with van der Waals surface area (Å²) in [6.45, 7) is 9.29. The molecule has 8 nitrogen and oxygen atoms in total. The molecule has 0 atom stereocenters. The number of piperazine rings is 1. The Morgan fingerprint density at radius 1 is 0.872 bits per heavy atom. The van der Waals surface area contributed by atoms with Gasteiger partial charge in [-0.15, -0.1) is 0 Å². The molecule has 1 saturated heterocycles. The van der Waals surface area contributed by atoms with E-state index in [4.69, 9.17) is 9.15 Å². The summed E-state index contributed by atoms with van der Waals surface area (Å²) >= 11 is 0. The highest BCUT2D eigenvalue weighted by molar-refractivity contribution is 6.06. The lowest BCUT2D eigenvalue weighted by Crippen LogP contribution is -2.47. The van der Waals surface area contributed by atoms with Crippen LogP contribution in [0, 0.1) is 13.8 Å². The first-order chi connectivity index (χ1) is 18.9. The number of carbonyl (C=O) groups is 3. The van der Waals surface area contributed by atoms with Gasteiger partial charge in [-0.2, -0.15) is 0 Å². The van der Waals surface area contributed by atoms with E-state index in [9.17, 15) is 14.4 Å². The molecule has 0 radical (unpaired) electrons. The smallest absolute Gasteiger partial charge is 0.305 e. The van der Waals surface area contributed by atoms with E-state index in [1.807, 2.05) is 18.2 Å². The zero-order chi connectivity index (χ0) is 27.8. The van der Waals surface area contributed by atoms with Crippen molar-refractivity contribution in [3.63, 3.8) is 0 Å². The van der Waals surface area contributed by atoms with Gasteiger partial charge in [0.15, 0.2) is 11.5 Å². The number of ether oxygens (including phenoxy) is 1. The SMILES string of the molecule is CCOC(=O)CCCCC(=O)c1ccc(N2CCN(c3ccccc3C)CC2)c(NC(=O)c2ccc(C)o2)c1. The largest absolute Gasteiger partial charge is 0.466 e. The second-order valence-electron chi connectivity index (χ2n) is 9.79. The number of esters is 1. The predicted molar refractivity (Wildman–Crippen MR) is 153 cm³/mol. The van der Waals surface area contributed by atoms with Crippen LogP contribution in [0.25, 0.3) is 0 Å². The Morgan fingerprint density at radius 3 is 2.23 bits per heavy atom. The molecular formula is C31H37N3O5. The van der Waals surface area contributed by atoms with Crippen molar-refractivity contribution < 1.29 is 23.5 Å². The molecule has 2 aromatic carbocycles. The number of amides is 1. The molecule has 0 spiro atoms. The summed E-state index contributed by atoms with van der Waals surface area (Å²) in [6.07, 6.45) is 1.81. The predicted octanol–water partition coefficient (Wildman–Crippen LogP) is 5.78. The average molecular weight is 532 g/mol. The molecular weight excluding hydrogens is 494 g/mol. The number of carbonyl (C=O) groups excluding carboxylic acids is 3. The van der Waals surface area contributed by atoms with Crippen molar-refractivity contribution in [1.82, 2.24) is 0 Å². The minimum absolute atomic E-state index is 0.0286. The number of rotatable bonds is 11. The number of anilines is 3. The Balaban J connectivity index is 1.48. The minimum atomic E-state index is -0.359. The van der Waals surface area contributed by atoms with E-state index < -0.39 is 0 Å². The van der Waals surface area contributed by atoms with Crippen molar-refractivity contribution in [2.45, 2.75) is 46.5 Å². The van der Waals surface area contributed by atoms with Gasteiger partial charge in [-0.25, -0.2) is 0 Å². The number of unbranched alkanes of at least 4 members (excludes halogenated alkanes) is 1. The van der Waals surface area contributed by atoms with Gasteiger partial charge in [0.2, 0.25) is 0 Å². The number of Topliss-reactive ketones (excluding diaryl/α,β-unsaturated/α-hetero) is 1. The number of aryl methyl sites for hydroxylation is 2. The molecule has 1 N–H and O–H groups in total. The van der Waals surface area contributed by atoms with E-state index >= 15 is 0 Å². The number of ketones is 1. The van der Waals surface area contributed by atoms with Crippen LogP contribution in [0.5, 0.6) is 0 Å². The third-order valence-electron chi connectivity index (χ3n) is 6.95. The van der Waals surface area contributed by atoms with Crippen LogP contribution in [0.2, 0.25) is 0 Å². The van der Waals surface area contributed by atoms with Gasteiger partial charge in [-0.1, -0.05) is 18.2 Å². The highest BCUT2D eigenvalue weighted by Gasteiger charge is 2.23. The molecule has 1 aliphatic rings. The van der Waals surface area contributed by atoms with E-state index in [1.165, 1.54) is 11.3 Å². The zero-order valence-corrected chi connectivity index (χ0v) is 23.0. The molecule has 0 saturated carbocycles. The van der Waals surface area contributed by atoms with E-state index in [0.29, 0.717) is 49.3 Å². The monoisotopic (exact) mass is 531 g/mol. The van der Waals surface area contributed by atoms with Crippen LogP contribution < -0.4 is 15.1 Å². The lowest BCUT2D eigenvalue weighted by atomic mass is 10.0. The molecule has 1 amide bonds. The summed E-state index contributed by atoms with van der Waals surface area (Å²) in [5.74, 6) is 0.244. The molecule has 1 aromatic heterocycles. The maximum Gasteiger partial charge on any atom is 0.305 e. The van der Waals surface area contributed by atoms with Gasteiger partial charge in [-0.05, 0) is 75.6 Å². The Kier molecular flexibility index (Phi) is 9.41. The minimum Gasteiger partial charge on any atom is -0.466 e. The summed E-state index contributed by atoms with van der Waals surface area (Å²) in [4.78, 5) is 42.2. The summed E-state index contributed by atoms with van der Waals surface area (Å²) in [5.41, 5.74) is 4.46. The second-order valence-corrected chi connectivity index (χ2v) is 9.79. The molecule has 39 heavy (non-hydrogen) atoms. The normalized spacial score (nSPS) is 13.3. The van der Waals surface area contributed by atoms with Gasteiger partial charge in [0, 0.05) is 50.3 Å². The van der Waals surface area contributed by atoms with Crippen LogP contribution in [-0.2, 0) is 9.53 Å². The zero-order valence-electron chi connectivity index (χ0n) is 23.0. The first-order valence-corrected chi connectivity index (χ1v) is 13.6. The van der Waals surface area contributed by atoms with Gasteiger partial charge in [0.1, 0.15) is 5.76 Å². The van der Waals surface area contributed by atoms with Crippen molar-refractivity contribution in [2.24, 2.45) is 0 Å². The van der Waals surface area contributed by atoms with Gasteiger partial charge in [0.25, 0.3) is 5.91 Å². The summed E-state index contributed by atoms with van der Waals surface area (Å²) in [6, 6.07) is 17.3. The molecule has 4 rings (SSSR count). The molecule has 206 valence electrons. The third kappa shape index (κ3) is 7.28. The maximum atomic E-state index is 13.0. The summed E-state index contributed by atoms with van der Waals surface area (Å²) in [7, 11) is 0. The summed E-state index contributed by atoms with van der Waals surface area (Å²) < 4.78 is 10.5. The second kappa shape index (κ2) is 13.1. The average Bonchev–Trinajstić information content (AvgIpc) is 3.38. The molecule has 8 heteroatoms. The quantitative estimate of drug-likeness (QED) is 0.190. The van der Waals surface area contributed by atoms with E-state index in [2.05, 4.69) is 40.2 Å². The number of nitrogens with one attached hydrogen (secondary N) is 1. The first kappa shape index (κ1) is 28.0. The van der Waals surface area contributed by atoms with E-state index in [-0.39, 0.29) is 23.4 Å². The number of benzene rings is 2. The maximum absolute atomic E-state index is 13.0. The molecule has 2 heterocycles. The third-order valence-corrected chi connectivity index (χ3v) is 6.95. The number of furan rings is 1. The van der Waals surface area contributed by atoms with Gasteiger partial charge in [0.05, 0.1) is 18.0 Å². The highest BCUT2D eigenvalue weighted by Crippen LogP contribution is 2.31. The fourth-order valence-corrected chi connectivity index (χ4v) is 4.86. The summed E-state index contributed by atoms with van der Waals surface area (Å²) in [5, 5.41) is 2.98. The molecule has 0 bridgehead atoms. The Labute approximate surface area is 229 Å². The standard InChI is InChI=1S/C31H37N3O5/c1-4-38-30(36)12-8-7-11-28(35)24-14-15-27(25(21-24)32-31(37)29-16-13-23(3)39-29)34-19-17-33(18-20-34)26-10-6-5-9-22(26)2/h5-6,9-10,13-16,21H,4,7-8,11-12,17-20H2,1-3H3,(H,32,37). The number of hydrogen-bond acceptors (Lipinski definition) is 7. The van der Waals surface area contributed by atoms with Crippen LogP contribution in [-0.4, -0.2) is 50.4 Å². The van der Waals surface area contributed by atoms with Crippen LogP contribution in [0.1, 0.15) is 64.8 Å². The van der Waals surface area contributed by atoms with Gasteiger partial charge >= 0.3 is 5.97 Å². The highest BCUT2D eigenvalue weighted by atomic mass is 16.5. The van der Waals surface area contributed by atoms with Gasteiger partial charge < -0.3 is 24.3 Å². The number of hydrogen-bond donors (Lipinski definition) is 1. The van der Waals surface area contributed by atoms with Crippen LogP contribution >= 0.6 is 0 Å². The first-order valence-electron chi connectivity index (χ1n) is 13.6. The van der Waals surface area contributed by atoms with Crippen molar-refractivity contribution in [2.75, 3.05) is 47.9 Å². The molecule has 1 aliphatic heterocycles. The van der Waals surface area contributed by atoms with Gasteiger partial charge in [-0.3, -0.25) is 14.4 Å². The van der Waals surface area contributed by atoms with Crippen molar-refractivity contribution in [3.8, 4) is 0 Å². The Bertz CT molecular complexity index is 1310. The van der Waals surface area contributed by atoms with Crippen LogP contribution in [0.4, 0.5) is 17.1 Å². The number of para-hydroxylation sites is 1. The molecule has 0 unspecified atom stereocenters. The van der Waals surface area contributed by atoms with Crippen molar-refractivity contribution in [1.29, 1.82) is 0 Å². The van der Waals surface area contributed by atoms with E-state index in [0.717, 1.165) is 31.9 Å². The van der Waals surface area contributed by atoms with Crippen molar-refractivity contribution >= 4 is 34.7 Å². The fraction of sp³-hybridized carbons (Fsp3) is 0.387. The molecule has 0 aliphatic carbocycles. The van der Waals surface area contributed by atoms with Crippen molar-refractivity contribution in [3.05, 3.63) is 77.2 Å². The fourth-order valence-electron chi connectivity index (χ4n) is 4.86. The lowest BCUT2D eigenvalue weighted by molar-refractivity contribution is -0.143. The van der Waals surface area contributed by atoms with Crippen LogP contribution in [0.15, 0.2) is 59.0 Å². The Hall–Kier alpha value is -4.07. The lowest BCUT2D eigenvalue weighted by Gasteiger charge is -2.38. The molecule has 1 fully saturated rings. The van der Waals surface area contributed by atoms with E-state index in [1.54, 1.807) is 32.0 Å².